The van der Waals surface area contributed by atoms with E-state index < -0.39 is 0 Å². The monoisotopic (exact) mass is 152 g/mol. The number of hydrogen-bond donors (Lipinski definition) is 0. The summed E-state index contributed by atoms with van der Waals surface area (Å²) in [5.41, 5.74) is 0. The molecule has 2 aliphatic rings. The van der Waals surface area contributed by atoms with Crippen LogP contribution >= 0.6 is 0 Å². The van der Waals surface area contributed by atoms with E-state index >= 15 is 0 Å². The molecule has 11 heavy (non-hydrogen) atoms. The Morgan fingerprint density at radius 3 is 3.09 bits per heavy atom. The van der Waals surface area contributed by atoms with Gasteiger partial charge in [0.1, 0.15) is 6.29 Å². The fourth-order valence-corrected chi connectivity index (χ4v) is 1.66. The molecular formula is C8H8O3. The molecule has 58 valence electrons. The average Bonchev–Trinajstić information content (AvgIpc) is 2.53. The first-order valence-corrected chi connectivity index (χ1v) is 3.63. The van der Waals surface area contributed by atoms with Crippen molar-refractivity contribution in [1.29, 1.82) is 0 Å². The number of rotatable bonds is 1. The lowest BCUT2D eigenvalue weighted by atomic mass is 9.92. The summed E-state index contributed by atoms with van der Waals surface area (Å²) in [4.78, 5) is 21.4. The lowest BCUT2D eigenvalue weighted by molar-refractivity contribution is -0.140. The molecule has 2 rings (SSSR count). The second-order valence-electron chi connectivity index (χ2n) is 2.92. The van der Waals surface area contributed by atoms with Gasteiger partial charge in [-0.05, 0) is 0 Å². The minimum Gasteiger partial charge on any atom is -0.465 e. The van der Waals surface area contributed by atoms with E-state index in [1.165, 1.54) is 0 Å². The summed E-state index contributed by atoms with van der Waals surface area (Å²) in [6, 6.07) is 0. The summed E-state index contributed by atoms with van der Waals surface area (Å²) < 4.78 is 4.80. The average molecular weight is 152 g/mol. The van der Waals surface area contributed by atoms with E-state index in [9.17, 15) is 9.59 Å². The SMILES string of the molecule is O=C[C@H]1C=C[C@H]2C(=O)OC[C@@H]12. The predicted molar refractivity (Wildman–Crippen MR) is 36.6 cm³/mol. The molecule has 1 aliphatic heterocycles. The smallest absolute Gasteiger partial charge is 0.313 e. The van der Waals surface area contributed by atoms with E-state index in [2.05, 4.69) is 0 Å². The molecule has 0 aromatic heterocycles. The standard InChI is InChI=1S/C8H8O3/c9-3-5-1-2-6-7(5)4-11-8(6)10/h1-3,5-7H,4H2/t5-,6-,7+/m1/s1. The van der Waals surface area contributed by atoms with Crippen molar-refractivity contribution < 1.29 is 14.3 Å². The van der Waals surface area contributed by atoms with Crippen LogP contribution in [0.4, 0.5) is 0 Å². The topological polar surface area (TPSA) is 43.4 Å². The molecule has 0 amide bonds. The van der Waals surface area contributed by atoms with E-state index in [1.807, 2.05) is 0 Å². The fraction of sp³-hybridized carbons (Fsp3) is 0.500. The van der Waals surface area contributed by atoms with Gasteiger partial charge in [0.05, 0.1) is 12.5 Å². The zero-order valence-electron chi connectivity index (χ0n) is 5.90. The van der Waals surface area contributed by atoms with Gasteiger partial charge in [0, 0.05) is 11.8 Å². The Labute approximate surface area is 64.0 Å². The highest BCUT2D eigenvalue weighted by molar-refractivity contribution is 5.79. The van der Waals surface area contributed by atoms with Gasteiger partial charge in [0.25, 0.3) is 0 Å². The third-order valence-corrected chi connectivity index (χ3v) is 2.34. The van der Waals surface area contributed by atoms with Crippen molar-refractivity contribution in [3.8, 4) is 0 Å². The van der Waals surface area contributed by atoms with Crippen LogP contribution in [0.5, 0.6) is 0 Å². The summed E-state index contributed by atoms with van der Waals surface area (Å²) in [6.45, 7) is 0.403. The van der Waals surface area contributed by atoms with Gasteiger partial charge in [-0.1, -0.05) is 12.2 Å². The normalized spacial score (nSPS) is 40.4. The quantitative estimate of drug-likeness (QED) is 0.305. The molecule has 0 unspecified atom stereocenters. The molecule has 1 saturated heterocycles. The van der Waals surface area contributed by atoms with Crippen LogP contribution in [0.2, 0.25) is 0 Å². The lowest BCUT2D eigenvalue weighted by Gasteiger charge is -2.06. The maximum atomic E-state index is 10.9. The van der Waals surface area contributed by atoms with Gasteiger partial charge in [0.15, 0.2) is 0 Å². The van der Waals surface area contributed by atoms with Gasteiger partial charge in [-0.3, -0.25) is 4.79 Å². The molecule has 0 saturated carbocycles. The van der Waals surface area contributed by atoms with Gasteiger partial charge in [-0.2, -0.15) is 0 Å². The Bertz CT molecular complexity index is 231. The summed E-state index contributed by atoms with van der Waals surface area (Å²) in [6.07, 6.45) is 4.45. The molecule has 1 fully saturated rings. The van der Waals surface area contributed by atoms with Gasteiger partial charge < -0.3 is 9.53 Å². The maximum absolute atomic E-state index is 10.9. The first kappa shape index (κ1) is 6.58. The highest BCUT2D eigenvalue weighted by atomic mass is 16.5. The Morgan fingerprint density at radius 2 is 2.36 bits per heavy atom. The number of aldehydes is 1. The first-order valence-electron chi connectivity index (χ1n) is 3.63. The van der Waals surface area contributed by atoms with Gasteiger partial charge in [-0.15, -0.1) is 0 Å². The second-order valence-corrected chi connectivity index (χ2v) is 2.92. The minimum atomic E-state index is -0.185. The molecule has 1 heterocycles. The van der Waals surface area contributed by atoms with Crippen LogP contribution in [-0.4, -0.2) is 18.9 Å². The molecule has 3 atom stereocenters. The van der Waals surface area contributed by atoms with E-state index in [-0.39, 0.29) is 23.7 Å². The van der Waals surface area contributed by atoms with Crippen LogP contribution in [0.3, 0.4) is 0 Å². The molecular weight excluding hydrogens is 144 g/mol. The van der Waals surface area contributed by atoms with Crippen LogP contribution in [0.25, 0.3) is 0 Å². The Balaban J connectivity index is 2.22. The molecule has 0 spiro atoms. The summed E-state index contributed by atoms with van der Waals surface area (Å²) in [7, 11) is 0. The number of hydrogen-bond acceptors (Lipinski definition) is 3. The predicted octanol–water partition coefficient (Wildman–Crippen LogP) is 0.160. The van der Waals surface area contributed by atoms with E-state index in [4.69, 9.17) is 4.74 Å². The van der Waals surface area contributed by atoms with Crippen molar-refractivity contribution in [3.05, 3.63) is 12.2 Å². The first-order chi connectivity index (χ1) is 5.33. The van der Waals surface area contributed by atoms with Gasteiger partial charge in [-0.25, -0.2) is 0 Å². The zero-order chi connectivity index (χ0) is 7.84. The number of carbonyl (C=O) groups excluding carboxylic acids is 2. The minimum absolute atomic E-state index is 0.0833. The molecule has 1 aliphatic carbocycles. The lowest BCUT2D eigenvalue weighted by Crippen LogP contribution is -2.16. The highest BCUT2D eigenvalue weighted by Crippen LogP contribution is 2.35. The number of allylic oxidation sites excluding steroid dienone is 1. The van der Waals surface area contributed by atoms with E-state index in [0.717, 1.165) is 6.29 Å². The molecule has 3 heteroatoms. The van der Waals surface area contributed by atoms with Crippen molar-refractivity contribution in [3.63, 3.8) is 0 Å². The Hall–Kier alpha value is -1.12. The van der Waals surface area contributed by atoms with Crippen LogP contribution < -0.4 is 0 Å². The number of carbonyl (C=O) groups is 2. The van der Waals surface area contributed by atoms with Crippen molar-refractivity contribution in [1.82, 2.24) is 0 Å². The summed E-state index contributed by atoms with van der Waals surface area (Å²) >= 11 is 0. The zero-order valence-corrected chi connectivity index (χ0v) is 5.90. The molecule has 0 aromatic carbocycles. The van der Waals surface area contributed by atoms with E-state index in [1.54, 1.807) is 12.2 Å². The highest BCUT2D eigenvalue weighted by Gasteiger charge is 2.42. The maximum Gasteiger partial charge on any atom is 0.313 e. The largest absolute Gasteiger partial charge is 0.465 e. The second kappa shape index (κ2) is 2.19. The number of cyclic esters (lactones) is 1. The third-order valence-electron chi connectivity index (χ3n) is 2.34. The van der Waals surface area contributed by atoms with Crippen LogP contribution in [0.15, 0.2) is 12.2 Å². The molecule has 3 nitrogen and oxygen atoms in total. The van der Waals surface area contributed by atoms with Crippen molar-refractivity contribution in [2.75, 3.05) is 6.61 Å². The summed E-state index contributed by atoms with van der Waals surface area (Å²) in [5.74, 6) is -0.354. The molecule has 0 aromatic rings. The van der Waals surface area contributed by atoms with Crippen molar-refractivity contribution in [2.24, 2.45) is 17.8 Å². The number of esters is 1. The van der Waals surface area contributed by atoms with Crippen molar-refractivity contribution in [2.45, 2.75) is 0 Å². The van der Waals surface area contributed by atoms with E-state index in [0.29, 0.717) is 6.61 Å². The number of ether oxygens (including phenoxy) is 1. The van der Waals surface area contributed by atoms with Crippen molar-refractivity contribution >= 4 is 12.3 Å². The molecule has 0 bridgehead atoms. The summed E-state index contributed by atoms with van der Waals surface area (Å²) in [5, 5.41) is 0. The Morgan fingerprint density at radius 1 is 1.55 bits per heavy atom. The van der Waals surface area contributed by atoms with Crippen LogP contribution in [0.1, 0.15) is 0 Å². The van der Waals surface area contributed by atoms with Crippen LogP contribution in [0, 0.1) is 17.8 Å². The Kier molecular flexibility index (Phi) is 1.31. The number of fused-ring (bicyclic) bond motifs is 1. The van der Waals surface area contributed by atoms with Gasteiger partial charge >= 0.3 is 5.97 Å². The molecule has 0 radical (unpaired) electrons. The third kappa shape index (κ3) is 0.803. The van der Waals surface area contributed by atoms with Crippen LogP contribution in [-0.2, 0) is 14.3 Å². The van der Waals surface area contributed by atoms with Gasteiger partial charge in [0.2, 0.25) is 0 Å². The fourth-order valence-electron chi connectivity index (χ4n) is 1.66. The molecule has 0 N–H and O–H groups in total.